The average Bonchev–Trinajstić information content (AvgIpc) is 2.97. The molecule has 2 unspecified atom stereocenters. The van der Waals surface area contributed by atoms with Crippen molar-refractivity contribution in [3.05, 3.63) is 53.1 Å². The largest absolute Gasteiger partial charge is 0.383 e. The minimum absolute atomic E-state index is 0.0246. The zero-order valence-corrected chi connectivity index (χ0v) is 16.4. The number of amides is 1. The fourth-order valence-electron chi connectivity index (χ4n) is 3.42. The highest BCUT2D eigenvalue weighted by molar-refractivity contribution is 6.13. The van der Waals surface area contributed by atoms with Gasteiger partial charge in [0.1, 0.15) is 5.92 Å². The summed E-state index contributed by atoms with van der Waals surface area (Å²) >= 11 is 0. The Morgan fingerprint density at radius 1 is 1.26 bits per heavy atom. The van der Waals surface area contributed by atoms with Gasteiger partial charge in [-0.3, -0.25) is 9.79 Å². The number of hydrogen-bond donors (Lipinski definition) is 2. The van der Waals surface area contributed by atoms with Crippen LogP contribution in [-0.2, 0) is 9.53 Å². The third-order valence-corrected chi connectivity index (χ3v) is 4.98. The summed E-state index contributed by atoms with van der Waals surface area (Å²) in [4.78, 5) is 16.9. The fourth-order valence-corrected chi connectivity index (χ4v) is 3.42. The number of methoxy groups -OCH3 is 1. The number of aryl methyl sites for hydroxylation is 2. The average molecular weight is 365 g/mol. The van der Waals surface area contributed by atoms with Crippen LogP contribution in [-0.4, -0.2) is 31.9 Å². The Morgan fingerprint density at radius 2 is 2.07 bits per heavy atom. The van der Waals surface area contributed by atoms with Gasteiger partial charge in [0, 0.05) is 30.7 Å². The lowest BCUT2D eigenvalue weighted by molar-refractivity contribution is -0.115. The van der Waals surface area contributed by atoms with Crippen LogP contribution in [0.5, 0.6) is 0 Å². The highest BCUT2D eigenvalue weighted by atomic mass is 16.5. The normalized spacial score (nSPS) is 17.0. The second-order valence-electron chi connectivity index (χ2n) is 6.99. The van der Waals surface area contributed by atoms with Gasteiger partial charge >= 0.3 is 0 Å². The highest BCUT2D eigenvalue weighted by Gasteiger charge is 2.30. The molecule has 0 aromatic heterocycles. The van der Waals surface area contributed by atoms with Gasteiger partial charge in [0.25, 0.3) is 0 Å². The highest BCUT2D eigenvalue weighted by Crippen LogP contribution is 2.34. The zero-order chi connectivity index (χ0) is 19.4. The Labute approximate surface area is 160 Å². The number of aliphatic imine (C=N–C) groups is 1. The molecule has 1 aliphatic heterocycles. The molecule has 0 fully saturated rings. The minimum Gasteiger partial charge on any atom is -0.383 e. The maximum Gasteiger partial charge on any atom is 0.237 e. The van der Waals surface area contributed by atoms with Gasteiger partial charge in [-0.05, 0) is 61.2 Å². The second kappa shape index (κ2) is 8.35. The van der Waals surface area contributed by atoms with E-state index in [-0.39, 0.29) is 17.9 Å². The van der Waals surface area contributed by atoms with Crippen molar-refractivity contribution in [3.63, 3.8) is 0 Å². The van der Waals surface area contributed by atoms with E-state index >= 15 is 0 Å². The number of nitrogens with zero attached hydrogens (tertiary/aromatic N) is 1. The van der Waals surface area contributed by atoms with Crippen LogP contribution in [0.3, 0.4) is 0 Å². The summed E-state index contributed by atoms with van der Waals surface area (Å²) in [6.07, 6.45) is 2.73. The van der Waals surface area contributed by atoms with E-state index in [4.69, 9.17) is 4.74 Å². The predicted molar refractivity (Wildman–Crippen MR) is 111 cm³/mol. The van der Waals surface area contributed by atoms with E-state index in [1.165, 1.54) is 0 Å². The lowest BCUT2D eigenvalue weighted by Gasteiger charge is -2.19. The van der Waals surface area contributed by atoms with Crippen molar-refractivity contribution in [3.8, 4) is 0 Å². The van der Waals surface area contributed by atoms with Gasteiger partial charge in [-0.2, -0.15) is 0 Å². The number of rotatable bonds is 7. The van der Waals surface area contributed by atoms with E-state index in [9.17, 15) is 4.79 Å². The first-order valence-corrected chi connectivity index (χ1v) is 9.34. The molecule has 2 aromatic rings. The fraction of sp³-hybridized carbons (Fsp3) is 0.364. The molecule has 0 saturated carbocycles. The molecule has 1 aliphatic rings. The van der Waals surface area contributed by atoms with Crippen molar-refractivity contribution in [1.82, 2.24) is 0 Å². The van der Waals surface area contributed by atoms with Crippen LogP contribution in [0.2, 0.25) is 0 Å². The van der Waals surface area contributed by atoms with E-state index < -0.39 is 0 Å². The second-order valence-corrected chi connectivity index (χ2v) is 6.99. The van der Waals surface area contributed by atoms with Crippen LogP contribution in [0.4, 0.5) is 17.1 Å². The summed E-state index contributed by atoms with van der Waals surface area (Å²) in [6.45, 7) is 6.89. The minimum atomic E-state index is -0.342. The monoisotopic (exact) mass is 365 g/mol. The Hall–Kier alpha value is -2.66. The number of carbonyl (C=O) groups is 1. The molecule has 1 amide bonds. The predicted octanol–water partition coefficient (Wildman–Crippen LogP) is 4.58. The van der Waals surface area contributed by atoms with Crippen LogP contribution >= 0.6 is 0 Å². The van der Waals surface area contributed by atoms with E-state index in [0.29, 0.717) is 6.61 Å². The van der Waals surface area contributed by atoms with Gasteiger partial charge in [-0.15, -0.1) is 0 Å². The molecule has 0 saturated heterocycles. The summed E-state index contributed by atoms with van der Waals surface area (Å²) in [5.41, 5.74) is 6.04. The first-order valence-electron chi connectivity index (χ1n) is 9.34. The third-order valence-electron chi connectivity index (χ3n) is 4.98. The van der Waals surface area contributed by atoms with Crippen LogP contribution in [0.25, 0.3) is 0 Å². The molecule has 27 heavy (non-hydrogen) atoms. The van der Waals surface area contributed by atoms with Crippen LogP contribution in [0.15, 0.2) is 41.4 Å². The summed E-state index contributed by atoms with van der Waals surface area (Å²) in [5, 5.41) is 6.44. The Balaban J connectivity index is 1.77. The maximum atomic E-state index is 12.3. The Bertz CT molecular complexity index is 861. The summed E-state index contributed by atoms with van der Waals surface area (Å²) in [5.74, 6) is -0.367. The summed E-state index contributed by atoms with van der Waals surface area (Å²) < 4.78 is 5.25. The molecule has 0 aliphatic carbocycles. The van der Waals surface area contributed by atoms with Gasteiger partial charge in [0.05, 0.1) is 12.3 Å². The van der Waals surface area contributed by atoms with E-state index in [2.05, 4.69) is 29.5 Å². The number of fused-ring (bicyclic) bond motifs is 1. The molecule has 0 bridgehead atoms. The number of nitrogens with one attached hydrogen (secondary N) is 2. The summed E-state index contributed by atoms with van der Waals surface area (Å²) in [7, 11) is 1.72. The van der Waals surface area contributed by atoms with Gasteiger partial charge in [0.2, 0.25) is 5.91 Å². The van der Waals surface area contributed by atoms with Gasteiger partial charge in [-0.25, -0.2) is 0 Å². The van der Waals surface area contributed by atoms with Crippen LogP contribution in [0.1, 0.15) is 36.0 Å². The molecule has 2 aromatic carbocycles. The molecule has 142 valence electrons. The van der Waals surface area contributed by atoms with Crippen molar-refractivity contribution in [2.24, 2.45) is 4.99 Å². The molecular formula is C22H27N3O2. The quantitative estimate of drug-likeness (QED) is 0.706. The van der Waals surface area contributed by atoms with E-state index in [1.807, 2.05) is 43.3 Å². The first-order chi connectivity index (χ1) is 13.0. The number of hydrogen-bond acceptors (Lipinski definition) is 4. The maximum absolute atomic E-state index is 12.3. The van der Waals surface area contributed by atoms with Crippen molar-refractivity contribution in [1.29, 1.82) is 0 Å². The number of anilines is 2. The molecule has 5 nitrogen and oxygen atoms in total. The Kier molecular flexibility index (Phi) is 5.91. The third kappa shape index (κ3) is 4.19. The van der Waals surface area contributed by atoms with E-state index in [0.717, 1.165) is 40.2 Å². The molecule has 5 heteroatoms. The molecule has 2 atom stereocenters. The molecular weight excluding hydrogens is 338 g/mol. The smallest absolute Gasteiger partial charge is 0.237 e. The van der Waals surface area contributed by atoms with Crippen molar-refractivity contribution < 1.29 is 9.53 Å². The van der Waals surface area contributed by atoms with Crippen molar-refractivity contribution in [2.75, 3.05) is 24.4 Å². The first kappa shape index (κ1) is 19.1. The van der Waals surface area contributed by atoms with Crippen molar-refractivity contribution in [2.45, 2.75) is 39.2 Å². The molecule has 0 spiro atoms. The van der Waals surface area contributed by atoms with Crippen LogP contribution in [0, 0.1) is 13.8 Å². The molecule has 0 radical (unpaired) electrons. The molecule has 2 N–H and O–H groups in total. The zero-order valence-electron chi connectivity index (χ0n) is 16.4. The summed E-state index contributed by atoms with van der Waals surface area (Å²) in [6, 6.07) is 12.2. The van der Waals surface area contributed by atoms with Crippen LogP contribution < -0.4 is 10.6 Å². The Morgan fingerprint density at radius 3 is 2.78 bits per heavy atom. The number of ether oxygens (including phenoxy) is 1. The number of benzene rings is 2. The van der Waals surface area contributed by atoms with Gasteiger partial charge in [-0.1, -0.05) is 19.1 Å². The lowest BCUT2D eigenvalue weighted by Crippen LogP contribution is -2.24. The number of carbonyl (C=O) groups excluding carboxylic acids is 1. The van der Waals surface area contributed by atoms with E-state index in [1.54, 1.807) is 13.3 Å². The lowest BCUT2D eigenvalue weighted by atomic mass is 9.97. The van der Waals surface area contributed by atoms with Crippen molar-refractivity contribution >= 4 is 29.2 Å². The van der Waals surface area contributed by atoms with Gasteiger partial charge in [0.15, 0.2) is 0 Å². The topological polar surface area (TPSA) is 62.7 Å². The standard InChI is InChI=1S/C22H27N3O2/c1-5-16(13-27-4)24-19-10-9-17(11-15(19)3)23-12-18-21-14(2)7-6-8-20(21)25-22(18)26/h6-12,16,18,24H,5,13H2,1-4H3,(H,25,26). The van der Waals surface area contributed by atoms with Gasteiger partial charge < -0.3 is 15.4 Å². The molecule has 1 heterocycles. The molecule has 3 rings (SSSR count). The SMILES string of the molecule is CCC(COC)Nc1ccc(N=CC2C(=O)Nc3cccc(C)c32)cc1C.